The van der Waals surface area contributed by atoms with Crippen LogP contribution >= 0.6 is 12.2 Å². The second kappa shape index (κ2) is 6.59. The van der Waals surface area contributed by atoms with Gasteiger partial charge in [0.1, 0.15) is 0 Å². The first-order valence-corrected chi connectivity index (χ1v) is 5.27. The quantitative estimate of drug-likeness (QED) is 0.362. The summed E-state index contributed by atoms with van der Waals surface area (Å²) >= 11 is 4.84. The molecule has 2 N–H and O–H groups in total. The Bertz CT molecular complexity index is 429. The van der Waals surface area contributed by atoms with E-state index < -0.39 is 0 Å². The van der Waals surface area contributed by atoms with E-state index in [1.54, 1.807) is 37.5 Å². The molecule has 0 amide bonds. The van der Waals surface area contributed by atoms with Crippen LogP contribution in [0.1, 0.15) is 15.9 Å². The van der Waals surface area contributed by atoms with Crippen molar-refractivity contribution in [1.82, 2.24) is 10.7 Å². The lowest BCUT2D eigenvalue weighted by molar-refractivity contribution is 0.0601. The van der Waals surface area contributed by atoms with Crippen LogP contribution in [0.5, 0.6) is 0 Å². The van der Waals surface area contributed by atoms with Crippen LogP contribution in [0.4, 0.5) is 0 Å². The molecule has 0 aliphatic heterocycles. The van der Waals surface area contributed by atoms with E-state index >= 15 is 0 Å². The molecule has 0 saturated heterocycles. The van der Waals surface area contributed by atoms with E-state index in [1.807, 2.05) is 0 Å². The van der Waals surface area contributed by atoms with Crippen molar-refractivity contribution in [1.29, 1.82) is 0 Å². The Hall–Kier alpha value is -1.95. The molecule has 0 fully saturated rings. The third kappa shape index (κ3) is 4.20. The van der Waals surface area contributed by atoms with Crippen LogP contribution in [-0.2, 0) is 4.74 Å². The molecule has 1 aromatic carbocycles. The van der Waals surface area contributed by atoms with E-state index in [2.05, 4.69) is 20.6 Å². The van der Waals surface area contributed by atoms with E-state index in [0.717, 1.165) is 5.56 Å². The average molecular weight is 251 g/mol. The Morgan fingerprint density at radius 3 is 2.59 bits per heavy atom. The molecule has 0 heterocycles. The zero-order valence-corrected chi connectivity index (χ0v) is 10.4. The molecule has 5 nitrogen and oxygen atoms in total. The van der Waals surface area contributed by atoms with Gasteiger partial charge < -0.3 is 10.1 Å². The minimum Gasteiger partial charge on any atom is -0.465 e. The van der Waals surface area contributed by atoms with Gasteiger partial charge in [-0.25, -0.2) is 4.79 Å². The molecule has 0 aromatic heterocycles. The molecule has 0 unspecified atom stereocenters. The number of nitrogens with one attached hydrogen (secondary N) is 2. The summed E-state index contributed by atoms with van der Waals surface area (Å²) in [6.45, 7) is 0. The molecular formula is C11H13N3O2S. The highest BCUT2D eigenvalue weighted by Gasteiger charge is 2.03. The Morgan fingerprint density at radius 2 is 2.06 bits per heavy atom. The molecule has 0 atom stereocenters. The molecule has 0 bridgehead atoms. The van der Waals surface area contributed by atoms with Crippen molar-refractivity contribution >= 4 is 29.5 Å². The number of hydrazone groups is 1. The topological polar surface area (TPSA) is 62.7 Å². The van der Waals surface area contributed by atoms with Gasteiger partial charge >= 0.3 is 5.97 Å². The maximum Gasteiger partial charge on any atom is 0.337 e. The first-order valence-electron chi connectivity index (χ1n) is 4.86. The summed E-state index contributed by atoms with van der Waals surface area (Å²) in [6, 6.07) is 6.87. The maximum atomic E-state index is 11.2. The van der Waals surface area contributed by atoms with E-state index in [9.17, 15) is 4.79 Å². The van der Waals surface area contributed by atoms with Crippen LogP contribution in [0.2, 0.25) is 0 Å². The predicted octanol–water partition coefficient (Wildman–Crippen LogP) is 0.901. The van der Waals surface area contributed by atoms with Crippen LogP contribution in [0, 0.1) is 0 Å². The summed E-state index contributed by atoms with van der Waals surface area (Å²) in [6.07, 6.45) is 1.60. The standard InChI is InChI=1S/C11H13N3O2S/c1-12-11(17)14-13-7-8-3-5-9(6-4-8)10(15)16-2/h3-7H,1-2H3,(H2,12,14,17)/b13-7-. The van der Waals surface area contributed by atoms with E-state index in [1.165, 1.54) is 7.11 Å². The first kappa shape index (κ1) is 13.1. The van der Waals surface area contributed by atoms with Gasteiger partial charge in [0.2, 0.25) is 0 Å². The van der Waals surface area contributed by atoms with Crippen molar-refractivity contribution in [2.75, 3.05) is 14.2 Å². The molecule has 6 heteroatoms. The van der Waals surface area contributed by atoms with Crippen LogP contribution in [0.25, 0.3) is 0 Å². The minimum absolute atomic E-state index is 0.358. The maximum absolute atomic E-state index is 11.2. The Balaban J connectivity index is 2.62. The number of nitrogens with zero attached hydrogens (tertiary/aromatic N) is 1. The number of carbonyl (C=O) groups is 1. The number of thiocarbonyl (C=S) groups is 1. The summed E-state index contributed by atoms with van der Waals surface area (Å²) in [5, 5.41) is 7.08. The number of hydrogen-bond donors (Lipinski definition) is 2. The summed E-state index contributed by atoms with van der Waals surface area (Å²) in [5.74, 6) is -0.358. The molecular weight excluding hydrogens is 238 g/mol. The average Bonchev–Trinajstić information content (AvgIpc) is 2.38. The van der Waals surface area contributed by atoms with Gasteiger partial charge in [-0.3, -0.25) is 5.43 Å². The minimum atomic E-state index is -0.358. The number of hydrogen-bond acceptors (Lipinski definition) is 4. The van der Waals surface area contributed by atoms with Gasteiger partial charge in [-0.1, -0.05) is 12.1 Å². The zero-order chi connectivity index (χ0) is 12.7. The van der Waals surface area contributed by atoms with Crippen molar-refractivity contribution in [2.45, 2.75) is 0 Å². The summed E-state index contributed by atoms with van der Waals surface area (Å²) in [5.41, 5.74) is 3.98. The molecule has 17 heavy (non-hydrogen) atoms. The largest absolute Gasteiger partial charge is 0.465 e. The number of carbonyl (C=O) groups excluding carboxylic acids is 1. The van der Waals surface area contributed by atoms with Crippen molar-refractivity contribution < 1.29 is 9.53 Å². The third-order valence-electron chi connectivity index (χ3n) is 1.94. The smallest absolute Gasteiger partial charge is 0.337 e. The second-order valence-corrected chi connectivity index (χ2v) is 3.47. The Labute approximate surface area is 105 Å². The molecule has 0 aliphatic carbocycles. The fourth-order valence-corrected chi connectivity index (χ4v) is 1.10. The van der Waals surface area contributed by atoms with Gasteiger partial charge in [0.05, 0.1) is 18.9 Å². The van der Waals surface area contributed by atoms with Crippen molar-refractivity contribution in [3.63, 3.8) is 0 Å². The molecule has 1 rings (SSSR count). The molecule has 90 valence electrons. The van der Waals surface area contributed by atoms with Gasteiger partial charge in [-0.15, -0.1) is 0 Å². The highest BCUT2D eigenvalue weighted by atomic mass is 32.1. The van der Waals surface area contributed by atoms with E-state index in [4.69, 9.17) is 12.2 Å². The van der Waals surface area contributed by atoms with E-state index in [0.29, 0.717) is 10.7 Å². The summed E-state index contributed by atoms with van der Waals surface area (Å²) in [4.78, 5) is 11.2. The molecule has 0 aliphatic rings. The Morgan fingerprint density at radius 1 is 1.41 bits per heavy atom. The molecule has 0 saturated carbocycles. The number of rotatable bonds is 3. The number of ether oxygens (including phenoxy) is 1. The van der Waals surface area contributed by atoms with Crippen LogP contribution in [0.3, 0.4) is 0 Å². The normalized spacial score (nSPS) is 10.0. The van der Waals surface area contributed by atoms with Gasteiger partial charge in [-0.05, 0) is 29.9 Å². The Kier molecular flexibility index (Phi) is 5.09. The summed E-state index contributed by atoms with van der Waals surface area (Å²) in [7, 11) is 3.05. The second-order valence-electron chi connectivity index (χ2n) is 3.06. The van der Waals surface area contributed by atoms with Gasteiger partial charge in [0.25, 0.3) is 0 Å². The van der Waals surface area contributed by atoms with Crippen LogP contribution in [-0.4, -0.2) is 31.5 Å². The van der Waals surface area contributed by atoms with Gasteiger partial charge in [0.15, 0.2) is 5.11 Å². The molecule has 0 spiro atoms. The number of benzene rings is 1. The van der Waals surface area contributed by atoms with Gasteiger partial charge in [-0.2, -0.15) is 5.10 Å². The lowest BCUT2D eigenvalue weighted by atomic mass is 10.1. The highest BCUT2D eigenvalue weighted by Crippen LogP contribution is 2.03. The molecule has 1 aromatic rings. The zero-order valence-electron chi connectivity index (χ0n) is 9.56. The van der Waals surface area contributed by atoms with Crippen LogP contribution < -0.4 is 10.7 Å². The highest BCUT2D eigenvalue weighted by molar-refractivity contribution is 7.80. The van der Waals surface area contributed by atoms with Gasteiger partial charge in [0, 0.05) is 7.05 Å². The van der Waals surface area contributed by atoms with Crippen molar-refractivity contribution in [2.24, 2.45) is 5.10 Å². The lowest BCUT2D eigenvalue weighted by Crippen LogP contribution is -2.28. The molecule has 0 radical (unpaired) electrons. The number of esters is 1. The lowest BCUT2D eigenvalue weighted by Gasteiger charge is -2.00. The first-order chi connectivity index (χ1) is 8.17. The summed E-state index contributed by atoms with van der Waals surface area (Å²) < 4.78 is 4.59. The van der Waals surface area contributed by atoms with E-state index in [-0.39, 0.29) is 5.97 Å². The van der Waals surface area contributed by atoms with Crippen LogP contribution in [0.15, 0.2) is 29.4 Å². The van der Waals surface area contributed by atoms with Crippen molar-refractivity contribution in [3.05, 3.63) is 35.4 Å². The fraction of sp³-hybridized carbons (Fsp3) is 0.182. The third-order valence-corrected chi connectivity index (χ3v) is 2.23. The predicted molar refractivity (Wildman–Crippen MR) is 70.2 cm³/mol. The fourth-order valence-electron chi connectivity index (χ4n) is 1.04. The monoisotopic (exact) mass is 251 g/mol. The number of methoxy groups -OCH3 is 1. The van der Waals surface area contributed by atoms with Crippen molar-refractivity contribution in [3.8, 4) is 0 Å². The SMILES string of the molecule is CNC(=S)N/N=C\c1ccc(C(=O)OC)cc1.